The Kier molecular flexibility index (Phi) is 2.82. The Labute approximate surface area is 87.2 Å². The molecule has 2 N–H and O–H groups in total. The first kappa shape index (κ1) is 10.4. The van der Waals surface area contributed by atoms with E-state index < -0.39 is 0 Å². The molecule has 0 radical (unpaired) electrons. The fourth-order valence-corrected chi connectivity index (χ4v) is 2.97. The second-order valence-corrected chi connectivity index (χ2v) is 5.31. The average Bonchev–Trinajstić information content (AvgIpc) is 2.44. The van der Waals surface area contributed by atoms with Crippen molar-refractivity contribution in [2.24, 2.45) is 5.73 Å². The van der Waals surface area contributed by atoms with Crippen LogP contribution in [0.4, 0.5) is 0 Å². The molecule has 1 saturated heterocycles. The lowest BCUT2D eigenvalue weighted by Gasteiger charge is -2.50. The van der Waals surface area contributed by atoms with Crippen molar-refractivity contribution < 1.29 is 0 Å². The molecule has 1 unspecified atom stereocenters. The molecule has 0 bridgehead atoms. The fourth-order valence-electron chi connectivity index (χ4n) is 2.97. The lowest BCUT2D eigenvalue weighted by Crippen LogP contribution is -2.58. The van der Waals surface area contributed by atoms with Crippen molar-refractivity contribution in [1.82, 2.24) is 9.80 Å². The van der Waals surface area contributed by atoms with Gasteiger partial charge < -0.3 is 10.6 Å². The first-order valence-electron chi connectivity index (χ1n) is 5.78. The molecule has 82 valence electrons. The zero-order chi connectivity index (χ0) is 10.2. The van der Waals surface area contributed by atoms with E-state index >= 15 is 0 Å². The van der Waals surface area contributed by atoms with E-state index in [2.05, 4.69) is 23.9 Å². The molecule has 0 aromatic heterocycles. The van der Waals surface area contributed by atoms with E-state index in [1.54, 1.807) is 0 Å². The van der Waals surface area contributed by atoms with Crippen molar-refractivity contribution in [2.45, 2.75) is 37.3 Å². The quantitative estimate of drug-likeness (QED) is 0.715. The highest BCUT2D eigenvalue weighted by Crippen LogP contribution is 2.39. The molecule has 1 aliphatic carbocycles. The number of hydrogen-bond donors (Lipinski definition) is 1. The molecule has 2 aliphatic rings. The Morgan fingerprint density at radius 2 is 2.14 bits per heavy atom. The van der Waals surface area contributed by atoms with Crippen LogP contribution in [0.5, 0.6) is 0 Å². The number of likely N-dealkylation sites (N-methyl/N-ethyl adjacent to an activating group) is 1. The summed E-state index contributed by atoms with van der Waals surface area (Å²) in [6.45, 7) is 3.54. The maximum Gasteiger partial charge on any atom is 0.0336 e. The average molecular weight is 197 g/mol. The van der Waals surface area contributed by atoms with Crippen LogP contribution in [-0.2, 0) is 0 Å². The minimum Gasteiger partial charge on any atom is -0.326 e. The minimum atomic E-state index is 0.426. The number of hydrogen-bond acceptors (Lipinski definition) is 3. The summed E-state index contributed by atoms with van der Waals surface area (Å²) in [5, 5.41) is 0. The molecule has 0 aromatic rings. The molecule has 2 rings (SSSR count). The molecular formula is C11H23N3. The van der Waals surface area contributed by atoms with Gasteiger partial charge in [-0.25, -0.2) is 0 Å². The summed E-state index contributed by atoms with van der Waals surface area (Å²) in [5.74, 6) is 0. The Morgan fingerprint density at radius 3 is 2.50 bits per heavy atom. The van der Waals surface area contributed by atoms with Crippen molar-refractivity contribution in [1.29, 1.82) is 0 Å². The molecule has 3 nitrogen and oxygen atoms in total. The molecule has 3 heteroatoms. The van der Waals surface area contributed by atoms with E-state index in [0.717, 1.165) is 6.54 Å². The van der Waals surface area contributed by atoms with Crippen LogP contribution in [0, 0.1) is 0 Å². The van der Waals surface area contributed by atoms with E-state index in [-0.39, 0.29) is 0 Å². The zero-order valence-corrected chi connectivity index (χ0v) is 9.50. The van der Waals surface area contributed by atoms with Crippen molar-refractivity contribution in [3.8, 4) is 0 Å². The van der Waals surface area contributed by atoms with Crippen LogP contribution in [-0.4, -0.2) is 55.1 Å². The van der Waals surface area contributed by atoms with Crippen LogP contribution in [0.1, 0.15) is 25.7 Å². The summed E-state index contributed by atoms with van der Waals surface area (Å²) in [7, 11) is 4.35. The number of rotatable bonds is 3. The van der Waals surface area contributed by atoms with Crippen molar-refractivity contribution in [3.05, 3.63) is 0 Å². The van der Waals surface area contributed by atoms with Gasteiger partial charge in [-0.3, -0.25) is 4.90 Å². The molecule has 0 spiro atoms. The summed E-state index contributed by atoms with van der Waals surface area (Å²) in [6, 6.07) is 0.426. The van der Waals surface area contributed by atoms with Gasteiger partial charge in [0.2, 0.25) is 0 Å². The normalized spacial score (nSPS) is 32.1. The van der Waals surface area contributed by atoms with E-state index in [9.17, 15) is 0 Å². The van der Waals surface area contributed by atoms with Crippen LogP contribution >= 0.6 is 0 Å². The SMILES string of the molecule is CN(C)CC1(N2CCC(N)C2)CCC1. The minimum absolute atomic E-state index is 0.426. The molecule has 14 heavy (non-hydrogen) atoms. The number of nitrogens with zero attached hydrogens (tertiary/aromatic N) is 2. The van der Waals surface area contributed by atoms with E-state index in [1.807, 2.05) is 0 Å². The Morgan fingerprint density at radius 1 is 1.43 bits per heavy atom. The smallest absolute Gasteiger partial charge is 0.0336 e. The van der Waals surface area contributed by atoms with Gasteiger partial charge in [0.25, 0.3) is 0 Å². The van der Waals surface area contributed by atoms with Gasteiger partial charge in [0.15, 0.2) is 0 Å². The van der Waals surface area contributed by atoms with Gasteiger partial charge >= 0.3 is 0 Å². The third-order valence-corrected chi connectivity index (χ3v) is 3.79. The third-order valence-electron chi connectivity index (χ3n) is 3.79. The third kappa shape index (κ3) is 1.81. The van der Waals surface area contributed by atoms with Crippen LogP contribution < -0.4 is 5.73 Å². The summed E-state index contributed by atoms with van der Waals surface area (Å²) < 4.78 is 0. The lowest BCUT2D eigenvalue weighted by molar-refractivity contribution is 0.0125. The molecule has 1 aliphatic heterocycles. The largest absolute Gasteiger partial charge is 0.326 e. The summed E-state index contributed by atoms with van der Waals surface area (Å²) in [4.78, 5) is 4.96. The van der Waals surface area contributed by atoms with Gasteiger partial charge in [-0.15, -0.1) is 0 Å². The second kappa shape index (κ2) is 3.80. The van der Waals surface area contributed by atoms with Gasteiger partial charge in [0.05, 0.1) is 0 Å². The predicted octanol–water partition coefficient (Wildman–Crippen LogP) is 0.504. The molecule has 0 amide bonds. The van der Waals surface area contributed by atoms with Crippen molar-refractivity contribution in [3.63, 3.8) is 0 Å². The molecule has 0 aromatic carbocycles. The molecule has 1 saturated carbocycles. The lowest BCUT2D eigenvalue weighted by atomic mass is 9.75. The maximum atomic E-state index is 5.98. The van der Waals surface area contributed by atoms with Gasteiger partial charge in [-0.1, -0.05) is 0 Å². The maximum absolute atomic E-state index is 5.98. The Bertz CT molecular complexity index is 199. The number of nitrogens with two attached hydrogens (primary N) is 1. The van der Waals surface area contributed by atoms with Crippen LogP contribution in [0.2, 0.25) is 0 Å². The summed E-state index contributed by atoms with van der Waals surface area (Å²) >= 11 is 0. The monoisotopic (exact) mass is 197 g/mol. The van der Waals surface area contributed by atoms with Crippen molar-refractivity contribution >= 4 is 0 Å². The fraction of sp³-hybridized carbons (Fsp3) is 1.00. The van der Waals surface area contributed by atoms with Gasteiger partial charge in [0.1, 0.15) is 0 Å². The summed E-state index contributed by atoms with van der Waals surface area (Å²) in [6.07, 6.45) is 5.34. The van der Waals surface area contributed by atoms with Crippen LogP contribution in [0.15, 0.2) is 0 Å². The predicted molar refractivity (Wildman–Crippen MR) is 59.3 cm³/mol. The molecular weight excluding hydrogens is 174 g/mol. The zero-order valence-electron chi connectivity index (χ0n) is 9.50. The van der Waals surface area contributed by atoms with Gasteiger partial charge in [-0.2, -0.15) is 0 Å². The van der Waals surface area contributed by atoms with Gasteiger partial charge in [0, 0.05) is 31.2 Å². The van der Waals surface area contributed by atoms with Crippen LogP contribution in [0.25, 0.3) is 0 Å². The van der Waals surface area contributed by atoms with E-state index in [0.29, 0.717) is 11.6 Å². The summed E-state index contributed by atoms with van der Waals surface area (Å²) in [5.41, 5.74) is 6.46. The Hall–Kier alpha value is -0.120. The molecule has 2 fully saturated rings. The van der Waals surface area contributed by atoms with Crippen molar-refractivity contribution in [2.75, 3.05) is 33.7 Å². The molecule has 1 heterocycles. The van der Waals surface area contributed by atoms with Crippen LogP contribution in [0.3, 0.4) is 0 Å². The number of likely N-dealkylation sites (tertiary alicyclic amines) is 1. The van der Waals surface area contributed by atoms with E-state index in [1.165, 1.54) is 38.8 Å². The Balaban J connectivity index is 1.97. The van der Waals surface area contributed by atoms with E-state index in [4.69, 9.17) is 5.73 Å². The highest BCUT2D eigenvalue weighted by atomic mass is 15.3. The molecule has 1 atom stereocenters. The topological polar surface area (TPSA) is 32.5 Å². The first-order valence-corrected chi connectivity index (χ1v) is 5.78. The highest BCUT2D eigenvalue weighted by molar-refractivity contribution is 5.02. The second-order valence-electron chi connectivity index (χ2n) is 5.31. The highest BCUT2D eigenvalue weighted by Gasteiger charge is 2.44. The van der Waals surface area contributed by atoms with Gasteiger partial charge in [-0.05, 0) is 39.8 Å². The standard InChI is InChI=1S/C11H23N3/c1-13(2)9-11(5-3-6-11)14-7-4-10(12)8-14/h10H,3-9,12H2,1-2H3. The first-order chi connectivity index (χ1) is 6.62.